The number of hydrogen-bond acceptors (Lipinski definition) is 4. The Morgan fingerprint density at radius 1 is 1.32 bits per heavy atom. The van der Waals surface area contributed by atoms with Crippen molar-refractivity contribution < 1.29 is 4.79 Å². The normalized spacial score (nSPS) is 13.7. The second kappa shape index (κ2) is 6.13. The maximum atomic E-state index is 12.1. The van der Waals surface area contributed by atoms with E-state index < -0.39 is 0 Å². The van der Waals surface area contributed by atoms with Gasteiger partial charge in [0.15, 0.2) is 0 Å². The van der Waals surface area contributed by atoms with Gasteiger partial charge in [0.25, 0.3) is 5.91 Å². The molecular weight excluding hydrogens is 276 g/mol. The Hall–Kier alpha value is -2.43. The molecule has 1 saturated carbocycles. The molecule has 1 amide bonds. The molecule has 0 saturated heterocycles. The van der Waals surface area contributed by atoms with Crippen LogP contribution in [-0.4, -0.2) is 28.5 Å². The van der Waals surface area contributed by atoms with Crippen LogP contribution in [0.5, 0.6) is 0 Å². The van der Waals surface area contributed by atoms with Crippen molar-refractivity contribution in [3.63, 3.8) is 0 Å². The molecule has 1 aromatic carbocycles. The number of rotatable bonds is 5. The Bertz CT molecular complexity index is 682. The fraction of sp³-hybridized carbons (Fsp3) is 0.353. The number of amides is 1. The number of hydrogen-bond donors (Lipinski definition) is 1. The van der Waals surface area contributed by atoms with Crippen molar-refractivity contribution in [1.82, 2.24) is 15.3 Å². The van der Waals surface area contributed by atoms with Crippen molar-refractivity contribution in [1.29, 1.82) is 0 Å². The number of carbonyl (C=O) groups excluding carboxylic acids is 1. The van der Waals surface area contributed by atoms with E-state index >= 15 is 0 Å². The summed E-state index contributed by atoms with van der Waals surface area (Å²) in [6, 6.07) is 10.3. The van der Waals surface area contributed by atoms with Crippen molar-refractivity contribution in [2.24, 2.45) is 0 Å². The number of anilines is 2. The molecule has 1 aliphatic rings. The third-order valence-electron chi connectivity index (χ3n) is 3.70. The lowest BCUT2D eigenvalue weighted by Crippen LogP contribution is -2.27. The first-order valence-corrected chi connectivity index (χ1v) is 7.64. The van der Waals surface area contributed by atoms with Crippen LogP contribution in [0.2, 0.25) is 0 Å². The first kappa shape index (κ1) is 14.5. The third kappa shape index (κ3) is 3.24. The van der Waals surface area contributed by atoms with Crippen LogP contribution in [0, 0.1) is 6.92 Å². The predicted octanol–water partition coefficient (Wildman–Crippen LogP) is 2.84. The van der Waals surface area contributed by atoms with Crippen molar-refractivity contribution in [2.75, 3.05) is 11.4 Å². The number of aryl methyl sites for hydroxylation is 1. The molecular formula is C17H20N4O. The van der Waals surface area contributed by atoms with Crippen LogP contribution in [0.15, 0.2) is 36.7 Å². The molecule has 1 N–H and O–H groups in total. The largest absolute Gasteiger partial charge is 0.348 e. The van der Waals surface area contributed by atoms with Crippen LogP contribution in [0.1, 0.15) is 35.8 Å². The molecule has 0 aliphatic heterocycles. The zero-order valence-corrected chi connectivity index (χ0v) is 12.9. The standard InChI is InChI=1S/C17H20N4O/c1-3-21(14-6-4-5-12(2)9-14)16-10-15(18-11-19-16)17(22)20-13-7-8-13/h4-6,9-11,13H,3,7-8H2,1-2H3,(H,20,22). The van der Waals surface area contributed by atoms with Crippen LogP contribution in [0.4, 0.5) is 11.5 Å². The number of nitrogens with one attached hydrogen (secondary N) is 1. The lowest BCUT2D eigenvalue weighted by Gasteiger charge is -2.22. The molecule has 0 atom stereocenters. The van der Waals surface area contributed by atoms with Gasteiger partial charge in [0, 0.05) is 24.3 Å². The molecule has 5 heteroatoms. The Morgan fingerprint density at radius 2 is 2.14 bits per heavy atom. The van der Waals surface area contributed by atoms with E-state index in [0.717, 1.165) is 30.9 Å². The van der Waals surface area contributed by atoms with Crippen LogP contribution < -0.4 is 10.2 Å². The Morgan fingerprint density at radius 3 is 2.82 bits per heavy atom. The Kier molecular flexibility index (Phi) is 4.04. The van der Waals surface area contributed by atoms with Crippen LogP contribution >= 0.6 is 0 Å². The Labute approximate surface area is 130 Å². The van der Waals surface area contributed by atoms with Crippen molar-refractivity contribution in [3.05, 3.63) is 47.9 Å². The van der Waals surface area contributed by atoms with Crippen molar-refractivity contribution >= 4 is 17.4 Å². The van der Waals surface area contributed by atoms with E-state index in [1.54, 1.807) is 6.07 Å². The minimum absolute atomic E-state index is 0.119. The molecule has 1 heterocycles. The van der Waals surface area contributed by atoms with E-state index in [2.05, 4.69) is 46.2 Å². The Balaban J connectivity index is 1.87. The first-order valence-electron chi connectivity index (χ1n) is 7.64. The number of nitrogens with zero attached hydrogens (tertiary/aromatic N) is 3. The number of benzene rings is 1. The highest BCUT2D eigenvalue weighted by Gasteiger charge is 2.24. The predicted molar refractivity (Wildman–Crippen MR) is 86.4 cm³/mol. The van der Waals surface area contributed by atoms with Crippen molar-refractivity contribution in [2.45, 2.75) is 32.7 Å². The molecule has 1 aromatic heterocycles. The molecule has 0 unspecified atom stereocenters. The summed E-state index contributed by atoms with van der Waals surface area (Å²) in [4.78, 5) is 22.6. The summed E-state index contributed by atoms with van der Waals surface area (Å²) in [5.74, 6) is 0.621. The van der Waals surface area contributed by atoms with Gasteiger partial charge in [-0.2, -0.15) is 0 Å². The van der Waals surface area contributed by atoms with Crippen LogP contribution in [0.25, 0.3) is 0 Å². The SMILES string of the molecule is CCN(c1cccc(C)c1)c1cc(C(=O)NC2CC2)ncn1. The maximum Gasteiger partial charge on any atom is 0.270 e. The molecule has 114 valence electrons. The van der Waals surface area contributed by atoms with Gasteiger partial charge in [0.2, 0.25) is 0 Å². The van der Waals surface area contributed by atoms with Crippen molar-refractivity contribution in [3.8, 4) is 0 Å². The second-order valence-corrected chi connectivity index (χ2v) is 5.59. The topological polar surface area (TPSA) is 58.1 Å². The van der Waals surface area contributed by atoms with E-state index in [4.69, 9.17) is 0 Å². The summed E-state index contributed by atoms with van der Waals surface area (Å²) >= 11 is 0. The summed E-state index contributed by atoms with van der Waals surface area (Å²) < 4.78 is 0. The van der Waals surface area contributed by atoms with E-state index in [0.29, 0.717) is 11.7 Å². The average molecular weight is 296 g/mol. The fourth-order valence-electron chi connectivity index (χ4n) is 2.38. The summed E-state index contributed by atoms with van der Waals surface area (Å²) in [6.45, 7) is 4.89. The van der Waals surface area contributed by atoms with Gasteiger partial charge in [-0.1, -0.05) is 12.1 Å². The average Bonchev–Trinajstić information content (AvgIpc) is 3.32. The number of carbonyl (C=O) groups is 1. The molecule has 0 bridgehead atoms. The second-order valence-electron chi connectivity index (χ2n) is 5.59. The smallest absolute Gasteiger partial charge is 0.270 e. The van der Waals surface area contributed by atoms with Gasteiger partial charge in [-0.15, -0.1) is 0 Å². The van der Waals surface area contributed by atoms with Gasteiger partial charge in [-0.25, -0.2) is 9.97 Å². The third-order valence-corrected chi connectivity index (χ3v) is 3.70. The highest BCUT2D eigenvalue weighted by atomic mass is 16.2. The molecule has 0 radical (unpaired) electrons. The van der Waals surface area contributed by atoms with Gasteiger partial charge >= 0.3 is 0 Å². The molecule has 0 spiro atoms. The van der Waals surface area contributed by atoms with Gasteiger partial charge < -0.3 is 10.2 Å². The highest BCUT2D eigenvalue weighted by molar-refractivity contribution is 5.93. The lowest BCUT2D eigenvalue weighted by atomic mass is 10.2. The first-order chi connectivity index (χ1) is 10.7. The zero-order valence-electron chi connectivity index (χ0n) is 12.9. The fourth-order valence-corrected chi connectivity index (χ4v) is 2.38. The summed E-state index contributed by atoms with van der Waals surface area (Å²) in [5, 5.41) is 2.96. The summed E-state index contributed by atoms with van der Waals surface area (Å²) in [5.41, 5.74) is 2.68. The maximum absolute atomic E-state index is 12.1. The molecule has 22 heavy (non-hydrogen) atoms. The monoisotopic (exact) mass is 296 g/mol. The van der Waals surface area contributed by atoms with Gasteiger partial charge in [-0.05, 0) is 44.4 Å². The molecule has 1 fully saturated rings. The number of aromatic nitrogens is 2. The van der Waals surface area contributed by atoms with E-state index in [-0.39, 0.29) is 5.91 Å². The molecule has 1 aliphatic carbocycles. The van der Waals surface area contributed by atoms with E-state index in [1.165, 1.54) is 11.9 Å². The van der Waals surface area contributed by atoms with E-state index in [1.807, 2.05) is 12.1 Å². The minimum Gasteiger partial charge on any atom is -0.348 e. The summed E-state index contributed by atoms with van der Waals surface area (Å²) in [6.07, 6.45) is 3.58. The van der Waals surface area contributed by atoms with Gasteiger partial charge in [0.1, 0.15) is 17.8 Å². The van der Waals surface area contributed by atoms with Crippen LogP contribution in [0.3, 0.4) is 0 Å². The molecule has 5 nitrogen and oxygen atoms in total. The van der Waals surface area contributed by atoms with Crippen LogP contribution in [-0.2, 0) is 0 Å². The minimum atomic E-state index is -0.119. The van der Waals surface area contributed by atoms with Gasteiger partial charge in [0.05, 0.1) is 0 Å². The van der Waals surface area contributed by atoms with Gasteiger partial charge in [-0.3, -0.25) is 4.79 Å². The zero-order chi connectivity index (χ0) is 15.5. The molecule has 3 rings (SSSR count). The highest BCUT2D eigenvalue weighted by Crippen LogP contribution is 2.24. The molecule has 2 aromatic rings. The van der Waals surface area contributed by atoms with E-state index in [9.17, 15) is 4.79 Å². The quantitative estimate of drug-likeness (QED) is 0.921. The summed E-state index contributed by atoms with van der Waals surface area (Å²) in [7, 11) is 0. The lowest BCUT2D eigenvalue weighted by molar-refractivity contribution is 0.0946.